The van der Waals surface area contributed by atoms with Crippen molar-refractivity contribution in [2.45, 2.75) is 115 Å². The molecular weight excluding hydrogens is 1160 g/mol. The summed E-state index contributed by atoms with van der Waals surface area (Å²) in [6, 6.07) is 108. The summed E-state index contributed by atoms with van der Waals surface area (Å²) < 4.78 is 0. The van der Waals surface area contributed by atoms with Crippen LogP contribution in [0.2, 0.25) is 0 Å². The Morgan fingerprint density at radius 2 is 0.573 bits per heavy atom. The van der Waals surface area contributed by atoms with Gasteiger partial charge >= 0.3 is 0 Å². The topological polar surface area (TPSA) is 6.48 Å². The maximum Gasteiger partial charge on any atom is 0.0714 e. The Morgan fingerprint density at radius 3 is 0.927 bits per heavy atom. The quantitative estimate of drug-likeness (QED) is 0.113. The largest absolute Gasteiger partial charge is 0.309 e. The summed E-state index contributed by atoms with van der Waals surface area (Å²) in [7, 11) is 0. The monoisotopic (exact) mass is 1240 g/mol. The molecule has 2 nitrogen and oxygen atoms in total. The van der Waals surface area contributed by atoms with Crippen LogP contribution in [0, 0.1) is 27.7 Å². The first-order chi connectivity index (χ1) is 47.3. The van der Waals surface area contributed by atoms with Gasteiger partial charge in [-0.15, -0.1) is 0 Å². The van der Waals surface area contributed by atoms with Crippen molar-refractivity contribution in [3.8, 4) is 22.3 Å². The highest BCUT2D eigenvalue weighted by atomic mass is 15.2. The molecule has 0 radical (unpaired) electrons. The standard InChI is InChI=1S/C94H80N2/c1-61-29-25-30-62(2)91(61)95(71-43-27-41-69(57-71)93(67-37-13-7-14-38-67)83-49-21-17-45-73(83)74-46-18-22-50-84(74)93)87-59-81(65-33-9-5-10-34-65)77-54-56-80-88(60-82(66-35-11-6-12-36-66)78-53-55-79(87)89(77)90(78)80)96(92-63(3)31-26-32-64(92)4)72-44-28-42-70(58-72)94(68-39-15-8-16-40-68)85-51-23-19-47-75(85)76-48-20-24-52-86(76)94/h7-8,13-32,37-60,65-66H,5-6,9-12,33-36H2,1-4H3. The van der Waals surface area contributed by atoms with Gasteiger partial charge in [0.15, 0.2) is 0 Å². The summed E-state index contributed by atoms with van der Waals surface area (Å²) in [5, 5.41) is 8.19. The van der Waals surface area contributed by atoms with Crippen LogP contribution in [0.15, 0.2) is 279 Å². The van der Waals surface area contributed by atoms with Gasteiger partial charge in [0.05, 0.1) is 33.6 Å². The van der Waals surface area contributed by atoms with E-state index in [1.165, 1.54) is 219 Å². The van der Waals surface area contributed by atoms with E-state index in [2.05, 4.69) is 317 Å². The number of benzene rings is 14. The van der Waals surface area contributed by atoms with Gasteiger partial charge in [-0.3, -0.25) is 0 Å². The molecule has 0 saturated heterocycles. The highest BCUT2D eigenvalue weighted by molar-refractivity contribution is 6.29. The number of para-hydroxylation sites is 2. The lowest BCUT2D eigenvalue weighted by atomic mass is 9.67. The Morgan fingerprint density at radius 1 is 0.271 bits per heavy atom. The van der Waals surface area contributed by atoms with Crippen molar-refractivity contribution in [2.75, 3.05) is 9.80 Å². The van der Waals surface area contributed by atoms with Gasteiger partial charge in [-0.05, 0) is 223 Å². The highest BCUT2D eigenvalue weighted by Crippen LogP contribution is 2.61. The smallest absolute Gasteiger partial charge is 0.0714 e. The fourth-order valence-corrected chi connectivity index (χ4v) is 19.2. The number of rotatable bonds is 12. The molecule has 0 amide bonds. The van der Waals surface area contributed by atoms with E-state index in [-0.39, 0.29) is 0 Å². The molecule has 0 atom stereocenters. The van der Waals surface area contributed by atoms with E-state index in [1.807, 2.05) is 0 Å². The van der Waals surface area contributed by atoms with Crippen LogP contribution < -0.4 is 9.80 Å². The molecule has 0 aromatic heterocycles. The Hall–Kier alpha value is -10.3. The Kier molecular flexibility index (Phi) is 14.1. The fraction of sp³-hybridized carbons (Fsp3) is 0.191. The summed E-state index contributed by atoms with van der Waals surface area (Å²) in [6.45, 7) is 9.32. The molecular formula is C94H80N2. The lowest BCUT2D eigenvalue weighted by Gasteiger charge is -2.37. The van der Waals surface area contributed by atoms with Crippen molar-refractivity contribution >= 4 is 66.4 Å². The van der Waals surface area contributed by atoms with Crippen LogP contribution in [0.5, 0.6) is 0 Å². The van der Waals surface area contributed by atoms with E-state index in [4.69, 9.17) is 0 Å². The zero-order valence-corrected chi connectivity index (χ0v) is 55.7. The predicted octanol–water partition coefficient (Wildman–Crippen LogP) is 25.6. The summed E-state index contributed by atoms with van der Waals surface area (Å²) in [5.74, 6) is 0.852. The number of nitrogens with zero attached hydrogens (tertiary/aromatic N) is 2. The van der Waals surface area contributed by atoms with Gasteiger partial charge in [0, 0.05) is 22.1 Å². The van der Waals surface area contributed by atoms with E-state index in [0.29, 0.717) is 11.8 Å². The van der Waals surface area contributed by atoms with Crippen LogP contribution in [0.25, 0.3) is 54.6 Å². The van der Waals surface area contributed by atoms with Crippen molar-refractivity contribution in [3.05, 3.63) is 357 Å². The second-order valence-electron chi connectivity index (χ2n) is 28.4. The number of anilines is 6. The summed E-state index contributed by atoms with van der Waals surface area (Å²) >= 11 is 0. The van der Waals surface area contributed by atoms with E-state index in [9.17, 15) is 0 Å². The Bertz CT molecular complexity index is 4870. The van der Waals surface area contributed by atoms with Gasteiger partial charge in [0.2, 0.25) is 0 Å². The van der Waals surface area contributed by atoms with Crippen LogP contribution in [0.1, 0.15) is 154 Å². The number of hydrogen-bond donors (Lipinski definition) is 0. The van der Waals surface area contributed by atoms with Gasteiger partial charge in [0.25, 0.3) is 0 Å². The van der Waals surface area contributed by atoms with Crippen LogP contribution in [-0.2, 0) is 10.8 Å². The molecule has 4 aliphatic rings. The zero-order chi connectivity index (χ0) is 64.2. The minimum absolute atomic E-state index is 0.426. The maximum atomic E-state index is 2.71. The van der Waals surface area contributed by atoms with Crippen molar-refractivity contribution in [1.82, 2.24) is 0 Å². The van der Waals surface area contributed by atoms with Crippen molar-refractivity contribution in [1.29, 1.82) is 0 Å². The zero-order valence-electron chi connectivity index (χ0n) is 55.7. The van der Waals surface area contributed by atoms with Gasteiger partial charge in [-0.1, -0.05) is 281 Å². The summed E-state index contributed by atoms with van der Waals surface area (Å²) in [4.78, 5) is 5.41. The second-order valence-corrected chi connectivity index (χ2v) is 28.4. The van der Waals surface area contributed by atoms with Crippen LogP contribution in [0.4, 0.5) is 34.1 Å². The first kappa shape index (κ1) is 58.3. The molecule has 466 valence electrons. The molecule has 2 saturated carbocycles. The molecule has 2 heteroatoms. The molecule has 14 aromatic carbocycles. The van der Waals surface area contributed by atoms with Crippen molar-refractivity contribution in [2.24, 2.45) is 0 Å². The van der Waals surface area contributed by atoms with Crippen LogP contribution >= 0.6 is 0 Å². The molecule has 0 bridgehead atoms. The number of fused-ring (bicyclic) bond motifs is 6. The van der Waals surface area contributed by atoms with Gasteiger partial charge in [-0.25, -0.2) is 0 Å². The lowest BCUT2D eigenvalue weighted by molar-refractivity contribution is 0.445. The van der Waals surface area contributed by atoms with Crippen molar-refractivity contribution < 1.29 is 0 Å². The molecule has 0 spiro atoms. The lowest BCUT2D eigenvalue weighted by Crippen LogP contribution is -2.29. The molecule has 4 aliphatic carbocycles. The van der Waals surface area contributed by atoms with Crippen LogP contribution in [0.3, 0.4) is 0 Å². The SMILES string of the molecule is Cc1cccc(C)c1N(c1cccc(C2(c3ccccc3)c3ccccc3-c3ccccc32)c1)c1cc(C2CCCCC2)c2ccc3c(N(c4cccc(C5(c6ccccc6)c6ccccc6-c6ccccc65)c4)c4c(C)cccc4C)cc(C4CCCCC4)c4ccc1c2c43. The molecule has 18 rings (SSSR count). The van der Waals surface area contributed by atoms with E-state index in [1.54, 1.807) is 0 Å². The Balaban J connectivity index is 0.933. The first-order valence-electron chi connectivity index (χ1n) is 35.5. The average Bonchev–Trinajstić information content (AvgIpc) is 1.40. The average molecular weight is 1240 g/mol. The minimum Gasteiger partial charge on any atom is -0.309 e. The van der Waals surface area contributed by atoms with E-state index >= 15 is 0 Å². The van der Waals surface area contributed by atoms with Gasteiger partial charge < -0.3 is 9.80 Å². The molecule has 0 aliphatic heterocycles. The molecule has 0 N–H and O–H groups in total. The minimum atomic E-state index is -0.562. The third-order valence-electron chi connectivity index (χ3n) is 23.2. The van der Waals surface area contributed by atoms with Gasteiger partial charge in [-0.2, -0.15) is 0 Å². The molecule has 96 heavy (non-hydrogen) atoms. The summed E-state index contributed by atoms with van der Waals surface area (Å²) in [6.07, 6.45) is 12.3. The summed E-state index contributed by atoms with van der Waals surface area (Å²) in [5.41, 5.74) is 29.8. The predicted molar refractivity (Wildman–Crippen MR) is 405 cm³/mol. The molecule has 2 fully saturated rings. The van der Waals surface area contributed by atoms with Crippen LogP contribution in [-0.4, -0.2) is 0 Å². The molecule has 0 unspecified atom stereocenters. The maximum absolute atomic E-state index is 2.71. The van der Waals surface area contributed by atoms with E-state index in [0.717, 1.165) is 11.4 Å². The highest BCUT2D eigenvalue weighted by Gasteiger charge is 2.48. The fourth-order valence-electron chi connectivity index (χ4n) is 19.2. The second kappa shape index (κ2) is 23.3. The van der Waals surface area contributed by atoms with E-state index < -0.39 is 10.8 Å². The number of hydrogen-bond acceptors (Lipinski definition) is 2. The third kappa shape index (κ3) is 8.76. The molecule has 0 heterocycles. The normalized spacial score (nSPS) is 15.6. The van der Waals surface area contributed by atoms with Gasteiger partial charge in [0.1, 0.15) is 0 Å². The molecule has 14 aromatic rings. The Labute approximate surface area is 566 Å². The third-order valence-corrected chi connectivity index (χ3v) is 23.2. The first-order valence-corrected chi connectivity index (χ1v) is 35.5. The van der Waals surface area contributed by atoms with Crippen molar-refractivity contribution in [3.63, 3.8) is 0 Å². The number of aryl methyl sites for hydroxylation is 4.